The molecule has 0 aromatic carbocycles. The zero-order valence-corrected chi connectivity index (χ0v) is 9.84. The molecule has 0 atom stereocenters. The second-order valence-electron chi connectivity index (χ2n) is 3.53. The molecule has 1 aromatic rings. The van der Waals surface area contributed by atoms with Gasteiger partial charge < -0.3 is 25.9 Å². The van der Waals surface area contributed by atoms with E-state index in [1.807, 2.05) is 7.05 Å². The van der Waals surface area contributed by atoms with Crippen LogP contribution in [0.15, 0.2) is 12.3 Å². The van der Waals surface area contributed by atoms with E-state index in [2.05, 4.69) is 15.6 Å². The summed E-state index contributed by atoms with van der Waals surface area (Å²) in [5.41, 5.74) is 0.130. The van der Waals surface area contributed by atoms with Crippen LogP contribution in [0.2, 0.25) is 0 Å². The number of carbonyl (C=O) groups is 1. The number of carboxylic acid groups (broad SMARTS) is 1. The van der Waals surface area contributed by atoms with Crippen LogP contribution in [-0.2, 0) is 0 Å². The lowest BCUT2D eigenvalue weighted by molar-refractivity contribution is -0.389. The van der Waals surface area contributed by atoms with Gasteiger partial charge in [-0.25, -0.2) is 4.79 Å². The molecule has 8 nitrogen and oxygen atoms in total. The molecule has 0 bridgehead atoms. The van der Waals surface area contributed by atoms with Crippen LogP contribution >= 0.6 is 0 Å². The normalized spacial score (nSPS) is 10.1. The van der Waals surface area contributed by atoms with Gasteiger partial charge in [-0.2, -0.15) is 0 Å². The van der Waals surface area contributed by atoms with Gasteiger partial charge in [0.05, 0.1) is 17.3 Å². The Morgan fingerprint density at radius 1 is 1.56 bits per heavy atom. The van der Waals surface area contributed by atoms with Crippen LogP contribution < -0.4 is 10.6 Å². The Bertz CT molecular complexity index is 450. The standard InChI is InChI=1S/C10H14N4O4/c1-11-3-2-4-12-8-6-13-9(14(17)18)5-7(8)10(15)16/h5-6,11-12H,2-4H2,1H3,(H,15,16). The van der Waals surface area contributed by atoms with Crippen molar-refractivity contribution in [2.24, 2.45) is 0 Å². The van der Waals surface area contributed by atoms with Gasteiger partial charge in [0, 0.05) is 6.54 Å². The fourth-order valence-corrected chi connectivity index (χ4v) is 1.35. The van der Waals surface area contributed by atoms with E-state index in [9.17, 15) is 14.9 Å². The van der Waals surface area contributed by atoms with E-state index in [0.29, 0.717) is 6.54 Å². The molecule has 8 heteroatoms. The molecule has 0 spiro atoms. The highest BCUT2D eigenvalue weighted by atomic mass is 16.6. The zero-order chi connectivity index (χ0) is 13.5. The van der Waals surface area contributed by atoms with Crippen LogP contribution in [0.4, 0.5) is 11.5 Å². The van der Waals surface area contributed by atoms with E-state index in [0.717, 1.165) is 19.0 Å². The number of aromatic carboxylic acids is 1. The molecule has 1 aromatic heterocycles. The van der Waals surface area contributed by atoms with Gasteiger partial charge in [-0.1, -0.05) is 0 Å². The molecule has 0 saturated heterocycles. The summed E-state index contributed by atoms with van der Waals surface area (Å²) in [4.78, 5) is 24.3. The Kier molecular flexibility index (Phi) is 5.00. The predicted octanol–water partition coefficient (Wildman–Crippen LogP) is 0.709. The van der Waals surface area contributed by atoms with Crippen molar-refractivity contribution in [3.63, 3.8) is 0 Å². The van der Waals surface area contributed by atoms with Crippen molar-refractivity contribution in [1.29, 1.82) is 0 Å². The molecule has 0 unspecified atom stereocenters. The van der Waals surface area contributed by atoms with Crippen LogP contribution in [0.3, 0.4) is 0 Å². The number of hydrogen-bond donors (Lipinski definition) is 3. The van der Waals surface area contributed by atoms with Crippen LogP contribution in [0, 0.1) is 10.1 Å². The SMILES string of the molecule is CNCCCNc1cnc([N+](=O)[O-])cc1C(=O)O. The lowest BCUT2D eigenvalue weighted by Gasteiger charge is -2.07. The molecule has 0 radical (unpaired) electrons. The monoisotopic (exact) mass is 254 g/mol. The second kappa shape index (κ2) is 6.50. The highest BCUT2D eigenvalue weighted by Crippen LogP contribution is 2.19. The highest BCUT2D eigenvalue weighted by molar-refractivity contribution is 5.94. The second-order valence-corrected chi connectivity index (χ2v) is 3.53. The Labute approximate surface area is 103 Å². The summed E-state index contributed by atoms with van der Waals surface area (Å²) in [6, 6.07) is 0.947. The number of pyridine rings is 1. The largest absolute Gasteiger partial charge is 0.478 e. The average Bonchev–Trinajstić information content (AvgIpc) is 2.34. The first-order chi connectivity index (χ1) is 8.56. The molecule has 0 saturated carbocycles. The summed E-state index contributed by atoms with van der Waals surface area (Å²) in [5.74, 6) is -1.70. The van der Waals surface area contributed by atoms with Gasteiger partial charge in [-0.05, 0) is 29.9 Å². The molecule has 0 aliphatic carbocycles. The smallest absolute Gasteiger partial charge is 0.364 e. The summed E-state index contributed by atoms with van der Waals surface area (Å²) < 4.78 is 0. The number of hydrogen-bond acceptors (Lipinski definition) is 6. The Balaban J connectivity index is 2.83. The minimum Gasteiger partial charge on any atom is -0.478 e. The van der Waals surface area contributed by atoms with Gasteiger partial charge in [0.1, 0.15) is 0 Å². The molecule has 98 valence electrons. The predicted molar refractivity (Wildman–Crippen MR) is 64.9 cm³/mol. The summed E-state index contributed by atoms with van der Waals surface area (Å²) in [7, 11) is 1.82. The molecular formula is C10H14N4O4. The number of anilines is 1. The maximum absolute atomic E-state index is 11.0. The van der Waals surface area contributed by atoms with Crippen molar-refractivity contribution < 1.29 is 14.8 Å². The maximum atomic E-state index is 11.0. The third-order valence-corrected chi connectivity index (χ3v) is 2.23. The minimum atomic E-state index is -1.23. The maximum Gasteiger partial charge on any atom is 0.364 e. The molecule has 1 heterocycles. The van der Waals surface area contributed by atoms with E-state index >= 15 is 0 Å². The number of nitro groups is 1. The number of carboxylic acids is 1. The van der Waals surface area contributed by atoms with Crippen LogP contribution in [0.5, 0.6) is 0 Å². The van der Waals surface area contributed by atoms with E-state index < -0.39 is 16.7 Å². The van der Waals surface area contributed by atoms with Crippen molar-refractivity contribution in [3.8, 4) is 0 Å². The quantitative estimate of drug-likeness (QED) is 0.372. The third-order valence-electron chi connectivity index (χ3n) is 2.23. The number of rotatable bonds is 7. The van der Waals surface area contributed by atoms with Gasteiger partial charge in [-0.3, -0.25) is 0 Å². The lowest BCUT2D eigenvalue weighted by Crippen LogP contribution is -2.14. The summed E-state index contributed by atoms with van der Waals surface area (Å²) in [6.45, 7) is 1.34. The molecule has 0 aliphatic rings. The van der Waals surface area contributed by atoms with E-state index in [4.69, 9.17) is 5.11 Å². The molecule has 0 aliphatic heterocycles. The van der Waals surface area contributed by atoms with Crippen LogP contribution in [-0.4, -0.2) is 41.1 Å². The van der Waals surface area contributed by atoms with Crippen molar-refractivity contribution in [2.75, 3.05) is 25.5 Å². The van der Waals surface area contributed by atoms with Crippen molar-refractivity contribution >= 4 is 17.5 Å². The lowest BCUT2D eigenvalue weighted by atomic mass is 10.2. The van der Waals surface area contributed by atoms with E-state index in [-0.39, 0.29) is 11.3 Å². The first-order valence-corrected chi connectivity index (χ1v) is 5.32. The first-order valence-electron chi connectivity index (χ1n) is 5.32. The molecule has 18 heavy (non-hydrogen) atoms. The van der Waals surface area contributed by atoms with E-state index in [1.165, 1.54) is 6.20 Å². The third kappa shape index (κ3) is 3.67. The Morgan fingerprint density at radius 3 is 2.83 bits per heavy atom. The van der Waals surface area contributed by atoms with Crippen molar-refractivity contribution in [3.05, 3.63) is 27.9 Å². The van der Waals surface area contributed by atoms with Gasteiger partial charge in [-0.15, -0.1) is 0 Å². The van der Waals surface area contributed by atoms with Gasteiger partial charge >= 0.3 is 11.8 Å². The topological polar surface area (TPSA) is 117 Å². The summed E-state index contributed by atoms with van der Waals surface area (Å²) >= 11 is 0. The Hall–Kier alpha value is -2.22. The van der Waals surface area contributed by atoms with Crippen molar-refractivity contribution in [1.82, 2.24) is 10.3 Å². The Morgan fingerprint density at radius 2 is 2.28 bits per heavy atom. The fourth-order valence-electron chi connectivity index (χ4n) is 1.35. The molecule has 3 N–H and O–H groups in total. The molecular weight excluding hydrogens is 240 g/mol. The zero-order valence-electron chi connectivity index (χ0n) is 9.84. The molecule has 1 rings (SSSR count). The molecule has 0 fully saturated rings. The number of nitrogens with zero attached hydrogens (tertiary/aromatic N) is 2. The number of aromatic nitrogens is 1. The van der Waals surface area contributed by atoms with E-state index in [1.54, 1.807) is 0 Å². The van der Waals surface area contributed by atoms with Crippen LogP contribution in [0.25, 0.3) is 0 Å². The van der Waals surface area contributed by atoms with Crippen molar-refractivity contribution in [2.45, 2.75) is 6.42 Å². The fraction of sp³-hybridized carbons (Fsp3) is 0.400. The molecule has 0 amide bonds. The highest BCUT2D eigenvalue weighted by Gasteiger charge is 2.17. The summed E-state index contributed by atoms with van der Waals surface area (Å²) in [6.07, 6.45) is 1.97. The van der Waals surface area contributed by atoms with Gasteiger partial charge in [0.2, 0.25) is 0 Å². The van der Waals surface area contributed by atoms with Gasteiger partial charge in [0.15, 0.2) is 6.20 Å². The average molecular weight is 254 g/mol. The minimum absolute atomic E-state index is 0.152. The van der Waals surface area contributed by atoms with Gasteiger partial charge in [0.25, 0.3) is 0 Å². The van der Waals surface area contributed by atoms with Crippen LogP contribution in [0.1, 0.15) is 16.8 Å². The summed E-state index contributed by atoms with van der Waals surface area (Å²) in [5, 5.41) is 25.3. The number of nitrogens with one attached hydrogen (secondary N) is 2. The first kappa shape index (κ1) is 13.8.